The quantitative estimate of drug-likeness (QED) is 0.873. The molecule has 0 amide bonds. The first-order chi connectivity index (χ1) is 9.39. The molecular weight excluding hydrogens is 272 g/mol. The first-order valence-electron chi connectivity index (χ1n) is 7.22. The zero-order valence-corrected chi connectivity index (χ0v) is 13.8. The highest BCUT2D eigenvalue weighted by Gasteiger charge is 2.28. The third-order valence-electron chi connectivity index (χ3n) is 3.79. The van der Waals surface area contributed by atoms with Crippen molar-refractivity contribution in [1.82, 2.24) is 9.88 Å². The van der Waals surface area contributed by atoms with Crippen molar-refractivity contribution in [3.8, 4) is 0 Å². The van der Waals surface area contributed by atoms with Crippen LogP contribution in [0.4, 0.5) is 0 Å². The summed E-state index contributed by atoms with van der Waals surface area (Å²) in [5.74, 6) is 0. The lowest BCUT2D eigenvalue weighted by Gasteiger charge is -2.28. The van der Waals surface area contributed by atoms with Gasteiger partial charge < -0.3 is 9.84 Å². The number of aliphatic hydroxyl groups is 1. The average Bonchev–Trinajstić information content (AvgIpc) is 2.68. The van der Waals surface area contributed by atoms with Crippen LogP contribution in [0.5, 0.6) is 0 Å². The maximum atomic E-state index is 9.74. The van der Waals surface area contributed by atoms with E-state index >= 15 is 0 Å². The van der Waals surface area contributed by atoms with Gasteiger partial charge in [-0.2, -0.15) is 0 Å². The van der Waals surface area contributed by atoms with Gasteiger partial charge in [0, 0.05) is 18.5 Å². The Labute approximate surface area is 125 Å². The molecule has 1 N–H and O–H groups in total. The second kappa shape index (κ2) is 6.52. The summed E-state index contributed by atoms with van der Waals surface area (Å²) in [7, 11) is 3.63. The summed E-state index contributed by atoms with van der Waals surface area (Å²) in [4.78, 5) is 8.34. The molecule has 1 atom stereocenters. The molecule has 0 saturated carbocycles. The molecule has 1 aliphatic carbocycles. The van der Waals surface area contributed by atoms with Gasteiger partial charge in [0.05, 0.1) is 24.9 Å². The Morgan fingerprint density at radius 3 is 2.95 bits per heavy atom. The summed E-state index contributed by atoms with van der Waals surface area (Å²) in [6.07, 6.45) is 3.05. The van der Waals surface area contributed by atoms with Crippen molar-refractivity contribution in [2.75, 3.05) is 27.3 Å². The average molecular weight is 298 g/mol. The van der Waals surface area contributed by atoms with E-state index in [-0.39, 0.29) is 0 Å². The Morgan fingerprint density at radius 1 is 1.50 bits per heavy atom. The second-order valence-corrected chi connectivity index (χ2v) is 7.79. The van der Waals surface area contributed by atoms with Gasteiger partial charge >= 0.3 is 0 Å². The van der Waals surface area contributed by atoms with E-state index in [0.29, 0.717) is 18.6 Å². The summed E-state index contributed by atoms with van der Waals surface area (Å²) in [5.41, 5.74) is 1.72. The summed E-state index contributed by atoms with van der Waals surface area (Å²) in [6, 6.07) is 0. The van der Waals surface area contributed by atoms with E-state index in [0.717, 1.165) is 19.4 Å². The van der Waals surface area contributed by atoms with E-state index in [1.807, 2.05) is 18.4 Å². The van der Waals surface area contributed by atoms with Crippen LogP contribution in [0, 0.1) is 5.41 Å². The number of thiazole rings is 1. The minimum atomic E-state index is -0.432. The first kappa shape index (κ1) is 15.9. The summed E-state index contributed by atoms with van der Waals surface area (Å²) < 4.78 is 4.95. The molecule has 5 heteroatoms. The van der Waals surface area contributed by atoms with Gasteiger partial charge in [0.25, 0.3) is 0 Å². The molecule has 1 aromatic rings. The first-order valence-corrected chi connectivity index (χ1v) is 8.04. The lowest BCUT2D eigenvalue weighted by Crippen LogP contribution is -2.31. The number of hydrogen-bond donors (Lipinski definition) is 1. The minimum Gasteiger partial charge on any atom is -0.389 e. The van der Waals surface area contributed by atoms with Crippen LogP contribution >= 0.6 is 11.3 Å². The zero-order valence-electron chi connectivity index (χ0n) is 13.0. The molecule has 0 aromatic carbocycles. The fraction of sp³-hybridized carbons (Fsp3) is 0.800. The number of nitrogens with zero attached hydrogens (tertiary/aromatic N) is 2. The molecule has 4 nitrogen and oxygen atoms in total. The Morgan fingerprint density at radius 2 is 2.25 bits per heavy atom. The van der Waals surface area contributed by atoms with Crippen molar-refractivity contribution >= 4 is 11.3 Å². The van der Waals surface area contributed by atoms with Crippen molar-refractivity contribution in [1.29, 1.82) is 0 Å². The lowest BCUT2D eigenvalue weighted by molar-refractivity contribution is 0.0418. The maximum Gasteiger partial charge on any atom is 0.107 e. The van der Waals surface area contributed by atoms with E-state index < -0.39 is 6.10 Å². The van der Waals surface area contributed by atoms with Gasteiger partial charge in [-0.1, -0.05) is 13.8 Å². The fourth-order valence-corrected chi connectivity index (χ4v) is 4.17. The van der Waals surface area contributed by atoms with E-state index in [1.54, 1.807) is 7.11 Å². The topological polar surface area (TPSA) is 45.6 Å². The van der Waals surface area contributed by atoms with Crippen LogP contribution in [0.3, 0.4) is 0 Å². The third kappa shape index (κ3) is 4.25. The molecule has 0 bridgehead atoms. The van der Waals surface area contributed by atoms with Crippen LogP contribution in [0.15, 0.2) is 0 Å². The van der Waals surface area contributed by atoms with Crippen molar-refractivity contribution in [3.05, 3.63) is 15.6 Å². The van der Waals surface area contributed by atoms with Gasteiger partial charge in [0.2, 0.25) is 0 Å². The Balaban J connectivity index is 1.93. The summed E-state index contributed by atoms with van der Waals surface area (Å²) >= 11 is 1.84. The number of methoxy groups -OCH3 is 1. The third-order valence-corrected chi connectivity index (χ3v) is 4.87. The Kier molecular flexibility index (Phi) is 5.18. The Bertz CT molecular complexity index is 445. The standard InChI is InChI=1S/C15H26N2O2S/c1-15(2)6-5-12-13(7-15)20-14(16-12)9-17(3)8-11(18)10-19-4/h11,18H,5-10H2,1-4H3/t11-/m0/s1. The van der Waals surface area contributed by atoms with Crippen molar-refractivity contribution in [2.24, 2.45) is 5.41 Å². The van der Waals surface area contributed by atoms with Gasteiger partial charge in [-0.25, -0.2) is 4.98 Å². The molecule has 1 aromatic heterocycles. The highest BCUT2D eigenvalue weighted by molar-refractivity contribution is 7.11. The van der Waals surface area contributed by atoms with E-state index in [9.17, 15) is 5.11 Å². The molecule has 114 valence electrons. The van der Waals surface area contributed by atoms with E-state index in [2.05, 4.69) is 18.7 Å². The molecule has 0 unspecified atom stereocenters. The van der Waals surface area contributed by atoms with Crippen molar-refractivity contribution in [2.45, 2.75) is 45.8 Å². The van der Waals surface area contributed by atoms with Gasteiger partial charge in [0.15, 0.2) is 0 Å². The molecule has 0 radical (unpaired) electrons. The highest BCUT2D eigenvalue weighted by atomic mass is 32.1. The number of aryl methyl sites for hydroxylation is 1. The predicted octanol–water partition coefficient (Wildman–Crippen LogP) is 2.10. The van der Waals surface area contributed by atoms with Gasteiger partial charge in [-0.05, 0) is 31.7 Å². The van der Waals surface area contributed by atoms with Crippen LogP contribution in [0.1, 0.15) is 35.8 Å². The molecule has 0 aliphatic heterocycles. The number of hydrogen-bond acceptors (Lipinski definition) is 5. The molecule has 1 aliphatic rings. The monoisotopic (exact) mass is 298 g/mol. The minimum absolute atomic E-state index is 0.382. The largest absolute Gasteiger partial charge is 0.389 e. The van der Waals surface area contributed by atoms with E-state index in [1.165, 1.54) is 22.0 Å². The SMILES string of the molecule is COC[C@@H](O)CN(C)Cc1nc2c(s1)CC(C)(C)CC2. The van der Waals surface area contributed by atoms with Crippen LogP contribution in [-0.2, 0) is 24.1 Å². The molecule has 0 saturated heterocycles. The number of likely N-dealkylation sites (N-methyl/N-ethyl adjacent to an activating group) is 1. The maximum absolute atomic E-state index is 9.74. The molecule has 20 heavy (non-hydrogen) atoms. The molecular formula is C15H26N2O2S. The predicted molar refractivity (Wildman–Crippen MR) is 82.1 cm³/mol. The molecule has 2 rings (SSSR count). The van der Waals surface area contributed by atoms with Crippen molar-refractivity contribution in [3.63, 3.8) is 0 Å². The van der Waals surface area contributed by atoms with Crippen LogP contribution in [0.2, 0.25) is 0 Å². The van der Waals surface area contributed by atoms with Crippen LogP contribution in [0.25, 0.3) is 0 Å². The molecule has 0 spiro atoms. The lowest BCUT2D eigenvalue weighted by atomic mass is 9.79. The van der Waals surface area contributed by atoms with E-state index in [4.69, 9.17) is 9.72 Å². The zero-order chi connectivity index (χ0) is 14.8. The summed E-state index contributed by atoms with van der Waals surface area (Å²) in [5, 5.41) is 10.9. The van der Waals surface area contributed by atoms with Gasteiger partial charge in [-0.15, -0.1) is 11.3 Å². The van der Waals surface area contributed by atoms with Crippen LogP contribution < -0.4 is 0 Å². The Hall–Kier alpha value is -0.490. The fourth-order valence-electron chi connectivity index (χ4n) is 2.72. The number of aromatic nitrogens is 1. The molecule has 1 heterocycles. The number of fused-ring (bicyclic) bond motifs is 1. The smallest absolute Gasteiger partial charge is 0.107 e. The number of aliphatic hydroxyl groups excluding tert-OH is 1. The van der Waals surface area contributed by atoms with Gasteiger partial charge in [0.1, 0.15) is 5.01 Å². The number of ether oxygens (including phenoxy) is 1. The van der Waals surface area contributed by atoms with Crippen molar-refractivity contribution < 1.29 is 9.84 Å². The molecule has 0 fully saturated rings. The second-order valence-electron chi connectivity index (χ2n) is 6.62. The summed E-state index contributed by atoms with van der Waals surface area (Å²) in [6.45, 7) is 6.47. The normalized spacial score (nSPS) is 19.1. The van der Waals surface area contributed by atoms with Crippen LogP contribution in [-0.4, -0.2) is 48.4 Å². The number of rotatable bonds is 6. The highest BCUT2D eigenvalue weighted by Crippen LogP contribution is 2.37. The van der Waals surface area contributed by atoms with Gasteiger partial charge in [-0.3, -0.25) is 4.90 Å².